The average Bonchev–Trinajstić information content (AvgIpc) is 1.68. The number of hydrogen-bond acceptors (Lipinski definition) is 24. The number of para-hydroxylation sites is 1. The zero-order valence-corrected chi connectivity index (χ0v) is 80.1. The van der Waals surface area contributed by atoms with E-state index < -0.39 is 0 Å². The van der Waals surface area contributed by atoms with E-state index in [9.17, 15) is 0 Å². The van der Waals surface area contributed by atoms with Gasteiger partial charge >= 0.3 is 0 Å². The Hall–Kier alpha value is -8.37. The Balaban J connectivity index is 0.000000117. The lowest BCUT2D eigenvalue weighted by molar-refractivity contribution is 0.0250. The predicted molar refractivity (Wildman–Crippen MR) is 521 cm³/mol. The first-order chi connectivity index (χ1) is 65.5. The van der Waals surface area contributed by atoms with Crippen LogP contribution >= 0.6 is 11.6 Å². The summed E-state index contributed by atoms with van der Waals surface area (Å²) in [6, 6.07) is 33.7. The van der Waals surface area contributed by atoms with Gasteiger partial charge in [-0.1, -0.05) is 49.1 Å². The van der Waals surface area contributed by atoms with Crippen molar-refractivity contribution >= 4 is 11.6 Å². The first-order valence-corrected chi connectivity index (χ1v) is 51.1. The van der Waals surface area contributed by atoms with E-state index in [1.165, 1.54) is 149 Å². The van der Waals surface area contributed by atoms with Gasteiger partial charge < -0.3 is 88.7 Å². The molecule has 12 heterocycles. The molecule has 7 saturated carbocycles. The second-order valence-electron chi connectivity index (χ2n) is 39.3. The highest BCUT2D eigenvalue weighted by Gasteiger charge is 2.43. The maximum Gasteiger partial charge on any atom is 0.137 e. The highest BCUT2D eigenvalue weighted by molar-refractivity contribution is 6.30. The van der Waals surface area contributed by atoms with Crippen LogP contribution in [0.3, 0.4) is 0 Å². The number of nitrogens with one attached hydrogen (secondary N) is 6. The number of pyridine rings is 6. The molecule has 0 radical (unpaired) electrons. The second kappa shape index (κ2) is 51.7. The lowest BCUT2D eigenvalue weighted by atomic mass is 9.98. The molecule has 720 valence electrons. The minimum Gasteiger partial charge on any atom is -0.494 e. The third-order valence-electron chi connectivity index (χ3n) is 28.7. The monoisotopic (exact) mass is 1840 g/mol. The third-order valence-corrected chi connectivity index (χ3v) is 29.0. The van der Waals surface area contributed by atoms with Crippen molar-refractivity contribution in [3.05, 3.63) is 204 Å². The maximum atomic E-state index is 6.08. The topological polar surface area (TPSA) is 260 Å². The Morgan fingerprint density at radius 1 is 0.316 bits per heavy atom. The number of ether oxygens (including phenoxy) is 12. The van der Waals surface area contributed by atoms with Gasteiger partial charge in [0.1, 0.15) is 85.6 Å². The van der Waals surface area contributed by atoms with Crippen molar-refractivity contribution in [2.45, 2.75) is 252 Å². The maximum absolute atomic E-state index is 6.08. The van der Waals surface area contributed by atoms with Gasteiger partial charge in [0.25, 0.3) is 0 Å². The standard InChI is InChI=1S/C20H23ClN2O2.C20H30N2O2.C20H24N2O2.C17H26N2O2.C16H24N2O2.C15H22N2O2/c21-16-1-3-18(4-2-16)24-8-6-14-10-20(14)15-9-19(12-22-11-15)25-13-17-5-7-23-17;2*1-2-4-18(5-3-1)23-9-7-15-11-20(15)16-10-19(13-21-12-16)24-14-17-6-8-22-17;1-12(2)20-6-4-13-8-17(13)14-7-16(10-18-9-14)21-11-15-3-5-19-15;1-2-19-6-4-12-8-16(12)13-7-15(10-17-9-13)20-11-14-3-5-18-14;1-18-5-3-11-7-15(11)12-6-14(9-16-8-12)19-10-13-2-4-17-13/h1-4,9,11-12,14,17,20,23H,5-8,10,13H2;10,12-13,15,17-18,20,22H,1-9,11,14H2;1-5,10,12-13,15,17,20,22H,6-9,11,14H2;7,9-10,12-13,15,17,19H,3-6,8,11H2,1-2H3;7,9-10,12,14,16,18H,2-6,8,11H2,1H3;6,8-9,11,13,15,17H,2-5,7,10H2,1H3/t14-,17-,20-;2*15-,17-,20-;13-,15-,17-;12-,14-,16-;11-,13-,15-/m000000/s1. The van der Waals surface area contributed by atoms with Crippen molar-refractivity contribution in [2.75, 3.05) is 132 Å². The Morgan fingerprint density at radius 3 is 0.887 bits per heavy atom. The van der Waals surface area contributed by atoms with Gasteiger partial charge in [0.15, 0.2) is 0 Å². The predicted octanol–water partition coefficient (Wildman–Crippen LogP) is 18.2. The van der Waals surface area contributed by atoms with Gasteiger partial charge in [-0.2, -0.15) is 0 Å². The van der Waals surface area contributed by atoms with Crippen LogP contribution in [-0.2, 0) is 18.9 Å². The summed E-state index contributed by atoms with van der Waals surface area (Å²) < 4.78 is 68.9. The lowest BCUT2D eigenvalue weighted by Crippen LogP contribution is -2.46. The molecule has 8 aromatic rings. The number of nitrogens with zero attached hydrogens (tertiary/aromatic N) is 6. The number of benzene rings is 2. The molecule has 0 spiro atoms. The Morgan fingerprint density at radius 2 is 0.602 bits per heavy atom. The molecule has 25 heteroatoms. The molecule has 133 heavy (non-hydrogen) atoms. The molecule has 6 aliphatic heterocycles. The van der Waals surface area contributed by atoms with Gasteiger partial charge in [-0.05, 0) is 366 Å². The molecule has 6 N–H and O–H groups in total. The van der Waals surface area contributed by atoms with E-state index in [1.807, 2.05) is 136 Å². The summed E-state index contributed by atoms with van der Waals surface area (Å²) in [6.07, 6.45) is 52.0. The summed E-state index contributed by atoms with van der Waals surface area (Å²) >= 11 is 5.88. The van der Waals surface area contributed by atoms with Crippen LogP contribution in [0.5, 0.6) is 46.0 Å². The average molecular weight is 1840 g/mol. The normalized spacial score (nSPS) is 27.1. The van der Waals surface area contributed by atoms with E-state index in [0.29, 0.717) is 95.8 Å². The molecule has 13 fully saturated rings. The van der Waals surface area contributed by atoms with Gasteiger partial charge in [0.2, 0.25) is 0 Å². The van der Waals surface area contributed by atoms with Gasteiger partial charge in [0.05, 0.1) is 62.6 Å². The quantitative estimate of drug-likeness (QED) is 0.0194. The van der Waals surface area contributed by atoms with Crippen molar-refractivity contribution in [3.8, 4) is 46.0 Å². The van der Waals surface area contributed by atoms with Crippen LogP contribution in [0, 0.1) is 35.5 Å². The molecule has 0 amide bonds. The summed E-state index contributed by atoms with van der Waals surface area (Å²) in [4.78, 5) is 26.0. The molecule has 7 aliphatic carbocycles. The Labute approximate surface area is 795 Å². The molecule has 0 unspecified atom stereocenters. The summed E-state index contributed by atoms with van der Waals surface area (Å²) in [5.41, 5.74) is 7.90. The third kappa shape index (κ3) is 32.7. The largest absolute Gasteiger partial charge is 0.494 e. The first-order valence-electron chi connectivity index (χ1n) is 50.7. The molecule has 0 bridgehead atoms. The van der Waals surface area contributed by atoms with Crippen molar-refractivity contribution < 1.29 is 56.8 Å². The zero-order valence-electron chi connectivity index (χ0n) is 79.3. The summed E-state index contributed by atoms with van der Waals surface area (Å²) in [7, 11) is 1.77. The summed E-state index contributed by atoms with van der Waals surface area (Å²) in [5.74, 6) is 15.6. The molecular formula is C108H149ClN12O12. The smallest absolute Gasteiger partial charge is 0.137 e. The van der Waals surface area contributed by atoms with Crippen molar-refractivity contribution in [1.29, 1.82) is 0 Å². The van der Waals surface area contributed by atoms with Gasteiger partial charge in [-0.25, -0.2) is 0 Å². The van der Waals surface area contributed by atoms with Gasteiger partial charge in [0, 0.05) is 119 Å². The van der Waals surface area contributed by atoms with E-state index in [0.717, 1.165) is 232 Å². The molecule has 13 aliphatic rings. The number of halogens is 1. The van der Waals surface area contributed by atoms with E-state index in [-0.39, 0.29) is 0 Å². The van der Waals surface area contributed by atoms with Crippen molar-refractivity contribution in [1.82, 2.24) is 61.8 Å². The lowest BCUT2D eigenvalue weighted by Gasteiger charge is -2.27. The van der Waals surface area contributed by atoms with E-state index in [4.69, 9.17) is 68.4 Å². The Bertz CT molecular complexity index is 4700. The van der Waals surface area contributed by atoms with E-state index >= 15 is 0 Å². The number of aromatic nitrogens is 6. The fraction of sp³-hybridized carbons (Fsp3) is 0.611. The molecule has 2 aromatic carbocycles. The minimum absolute atomic E-state index is 0.334. The van der Waals surface area contributed by atoms with Crippen LogP contribution in [-0.4, -0.2) is 211 Å². The fourth-order valence-electron chi connectivity index (χ4n) is 18.7. The molecule has 24 nitrogen and oxygen atoms in total. The molecule has 6 saturated heterocycles. The van der Waals surface area contributed by atoms with Crippen LogP contribution < -0.4 is 69.8 Å². The fourth-order valence-corrected chi connectivity index (χ4v) is 18.8. The molecule has 18 atom stereocenters. The van der Waals surface area contributed by atoms with Crippen LogP contribution in [0.4, 0.5) is 0 Å². The number of hydrogen-bond donors (Lipinski definition) is 6. The van der Waals surface area contributed by atoms with Crippen LogP contribution in [0.25, 0.3) is 0 Å². The highest BCUT2D eigenvalue weighted by Crippen LogP contribution is 2.55. The Kier molecular flexibility index (Phi) is 38.0. The van der Waals surface area contributed by atoms with E-state index in [1.54, 1.807) is 7.11 Å². The number of methoxy groups -OCH3 is 1. The van der Waals surface area contributed by atoms with Crippen LogP contribution in [0.2, 0.25) is 5.02 Å². The molecule has 21 rings (SSSR count). The van der Waals surface area contributed by atoms with Crippen LogP contribution in [0.1, 0.15) is 237 Å². The first kappa shape index (κ1) is 97.7. The van der Waals surface area contributed by atoms with Crippen molar-refractivity contribution in [3.63, 3.8) is 0 Å². The van der Waals surface area contributed by atoms with E-state index in [2.05, 4.69) is 112 Å². The van der Waals surface area contributed by atoms with Gasteiger partial charge in [-0.3, -0.25) is 29.9 Å². The van der Waals surface area contributed by atoms with Gasteiger partial charge in [-0.15, -0.1) is 0 Å². The summed E-state index contributed by atoms with van der Waals surface area (Å²) in [5, 5.41) is 20.8. The minimum atomic E-state index is 0.334. The zero-order chi connectivity index (χ0) is 91.0. The van der Waals surface area contributed by atoms with Crippen LogP contribution in [0.15, 0.2) is 165 Å². The van der Waals surface area contributed by atoms with Crippen molar-refractivity contribution in [2.24, 2.45) is 35.5 Å². The molecular weight excluding hydrogens is 1690 g/mol. The second-order valence-corrected chi connectivity index (χ2v) is 39.7. The summed E-state index contributed by atoms with van der Waals surface area (Å²) in [6.45, 7) is 23.3. The SMILES string of the molecule is CC(C)OCC[C@H]1C[C@@H]1c1cncc(OC[C@@H]2CCN2)c1.CCOCC[C@H]1C[C@@H]1c1cncc(OC[C@@H]2CCN2)c1.COCC[C@H]1C[C@@H]1c1cncc(OC[C@@H]2CCN2)c1.Clc1ccc(OCC[C@H]2C[C@@H]2c2cncc(OC[C@@H]3CCN3)c2)cc1.c1ccc(OCC[C@H]2C[C@@H]2c2cncc(OC[C@@H]3CCN3)c2)cc1.c1ncc([C@H]2C[C@@H]2CCOC2CCCCC2)cc1OC[C@@H]1CCN1. The highest BCUT2D eigenvalue weighted by atomic mass is 35.5. The number of rotatable bonds is 47. The molecule has 6 aromatic heterocycles.